The molecule has 0 saturated carbocycles. The third kappa shape index (κ3) is 6.92. The molecule has 17 aromatic carbocycles. The predicted molar refractivity (Wildman–Crippen MR) is 449 cm³/mol. The van der Waals surface area contributed by atoms with Crippen molar-refractivity contribution < 1.29 is 0 Å². The molecule has 0 fully saturated rings. The summed E-state index contributed by atoms with van der Waals surface area (Å²) in [6.07, 6.45) is 0. The van der Waals surface area contributed by atoms with Crippen LogP contribution in [0.4, 0.5) is 34.1 Å². The molecular formula is C105H62BN3. The van der Waals surface area contributed by atoms with Crippen LogP contribution in [0.25, 0.3) is 105 Å². The summed E-state index contributed by atoms with van der Waals surface area (Å²) in [5, 5.41) is 2.44. The van der Waals surface area contributed by atoms with Gasteiger partial charge in [0.15, 0.2) is 0 Å². The molecule has 26 rings (SSSR count). The van der Waals surface area contributed by atoms with Gasteiger partial charge >= 0.3 is 0 Å². The second-order valence-corrected chi connectivity index (χ2v) is 31.0. The van der Waals surface area contributed by atoms with Gasteiger partial charge in [-0.15, -0.1) is 0 Å². The minimum atomic E-state index is -0.647. The molecule has 0 bridgehead atoms. The van der Waals surface area contributed by atoms with Crippen LogP contribution in [-0.4, -0.2) is 11.3 Å². The van der Waals surface area contributed by atoms with Crippen molar-refractivity contribution in [1.29, 1.82) is 0 Å². The highest BCUT2D eigenvalue weighted by Crippen LogP contribution is 2.69. The smallest absolute Gasteiger partial charge is 0.252 e. The van der Waals surface area contributed by atoms with Gasteiger partial charge in [-0.05, 0) is 210 Å². The minimum Gasteiger partial charge on any atom is -0.311 e. The van der Waals surface area contributed by atoms with Crippen molar-refractivity contribution in [2.45, 2.75) is 16.2 Å². The molecule has 0 saturated heterocycles. The molecule has 0 unspecified atom stereocenters. The Bertz CT molecular complexity index is 6960. The molecule has 0 radical (unpaired) electrons. The van der Waals surface area contributed by atoms with Crippen LogP contribution in [0.2, 0.25) is 0 Å². The summed E-state index contributed by atoms with van der Waals surface area (Å²) in [6.45, 7) is -0.315. The number of benzene rings is 17. The summed E-state index contributed by atoms with van der Waals surface area (Å²) in [5.41, 5.74) is 45.9. The van der Waals surface area contributed by atoms with Crippen LogP contribution in [0.5, 0.6) is 0 Å². The fourth-order valence-corrected chi connectivity index (χ4v) is 22.9. The van der Waals surface area contributed by atoms with Gasteiger partial charge in [-0.1, -0.05) is 322 Å². The van der Waals surface area contributed by atoms with E-state index >= 15 is 0 Å². The van der Waals surface area contributed by atoms with Crippen LogP contribution >= 0.6 is 0 Å². The van der Waals surface area contributed by atoms with Gasteiger partial charge in [-0.2, -0.15) is 0 Å². The lowest BCUT2D eigenvalue weighted by Crippen LogP contribution is -2.62. The molecule has 3 spiro atoms. The number of hydrogen-bond donors (Lipinski definition) is 0. The summed E-state index contributed by atoms with van der Waals surface area (Å²) in [7, 11) is 0. The van der Waals surface area contributed by atoms with Gasteiger partial charge in [-0.25, -0.2) is 0 Å². The summed E-state index contributed by atoms with van der Waals surface area (Å²) in [6, 6.07) is 146. The zero-order valence-electron chi connectivity index (χ0n) is 59.2. The van der Waals surface area contributed by atoms with E-state index in [2.05, 4.69) is 390 Å². The average molecular weight is 1380 g/mol. The Labute approximate surface area is 631 Å². The van der Waals surface area contributed by atoms with Gasteiger partial charge in [0.25, 0.3) is 6.71 Å². The molecule has 18 aromatic rings. The molecule has 109 heavy (non-hydrogen) atoms. The molecule has 0 N–H and O–H groups in total. The second kappa shape index (κ2) is 20.8. The molecule has 2 aliphatic heterocycles. The van der Waals surface area contributed by atoms with Crippen molar-refractivity contribution in [1.82, 2.24) is 4.57 Å². The Balaban J connectivity index is 0.860. The molecule has 0 atom stereocenters. The van der Waals surface area contributed by atoms with E-state index in [0.29, 0.717) is 0 Å². The Hall–Kier alpha value is -13.8. The van der Waals surface area contributed by atoms with E-state index in [4.69, 9.17) is 0 Å². The van der Waals surface area contributed by atoms with E-state index < -0.39 is 16.2 Å². The topological polar surface area (TPSA) is 11.4 Å². The molecule has 4 heteroatoms. The quantitative estimate of drug-likeness (QED) is 0.163. The molecule has 6 aliphatic carbocycles. The molecule has 8 aliphatic rings. The zero-order valence-corrected chi connectivity index (χ0v) is 59.2. The normalized spacial score (nSPS) is 15.0. The average Bonchev–Trinajstić information content (AvgIpc) is 0.799. The highest BCUT2D eigenvalue weighted by Gasteiger charge is 2.59. The maximum absolute atomic E-state index is 2.80. The monoisotopic (exact) mass is 1380 g/mol. The molecule has 3 nitrogen and oxygen atoms in total. The minimum absolute atomic E-state index is 0.315. The van der Waals surface area contributed by atoms with Gasteiger partial charge in [0.1, 0.15) is 0 Å². The van der Waals surface area contributed by atoms with Crippen LogP contribution in [-0.2, 0) is 16.2 Å². The van der Waals surface area contributed by atoms with Crippen molar-refractivity contribution in [2.75, 3.05) is 9.80 Å². The third-order valence-corrected chi connectivity index (χ3v) is 26.6. The van der Waals surface area contributed by atoms with E-state index in [1.54, 1.807) is 0 Å². The maximum Gasteiger partial charge on any atom is 0.252 e. The molecule has 0 amide bonds. The lowest BCUT2D eigenvalue weighted by atomic mass is 9.32. The largest absolute Gasteiger partial charge is 0.311 e. The van der Waals surface area contributed by atoms with E-state index in [-0.39, 0.29) is 6.71 Å². The van der Waals surface area contributed by atoms with E-state index in [1.165, 1.54) is 183 Å². The van der Waals surface area contributed by atoms with Crippen molar-refractivity contribution >= 4 is 79.0 Å². The first-order valence-electron chi connectivity index (χ1n) is 38.4. The van der Waals surface area contributed by atoms with Gasteiger partial charge in [0.05, 0.1) is 38.7 Å². The Morgan fingerprint density at radius 1 is 0.202 bits per heavy atom. The van der Waals surface area contributed by atoms with Crippen molar-refractivity contribution in [3.63, 3.8) is 0 Å². The van der Waals surface area contributed by atoms with Crippen LogP contribution in [0.3, 0.4) is 0 Å². The van der Waals surface area contributed by atoms with Gasteiger partial charge in [0.2, 0.25) is 0 Å². The van der Waals surface area contributed by atoms with E-state index in [0.717, 1.165) is 39.5 Å². The Kier molecular flexibility index (Phi) is 11.2. The van der Waals surface area contributed by atoms with Gasteiger partial charge < -0.3 is 14.4 Å². The number of nitrogens with zero attached hydrogens (tertiary/aromatic N) is 3. The zero-order chi connectivity index (χ0) is 70.7. The molecule has 1 aromatic heterocycles. The van der Waals surface area contributed by atoms with E-state index in [9.17, 15) is 0 Å². The van der Waals surface area contributed by atoms with Gasteiger partial charge in [0, 0.05) is 44.8 Å². The number of hydrogen-bond acceptors (Lipinski definition) is 2. The van der Waals surface area contributed by atoms with Crippen LogP contribution in [0.15, 0.2) is 376 Å². The Morgan fingerprint density at radius 2 is 0.578 bits per heavy atom. The van der Waals surface area contributed by atoms with Crippen molar-refractivity contribution in [3.05, 3.63) is 443 Å². The summed E-state index contributed by atoms with van der Waals surface area (Å²) >= 11 is 0. The van der Waals surface area contributed by atoms with Crippen molar-refractivity contribution in [3.8, 4) is 83.6 Å². The maximum atomic E-state index is 2.80. The van der Waals surface area contributed by atoms with E-state index in [1.807, 2.05) is 0 Å². The molecule has 3 heterocycles. The molecular weight excluding hydrogens is 1310 g/mol. The van der Waals surface area contributed by atoms with Gasteiger partial charge in [-0.3, -0.25) is 0 Å². The number of aromatic nitrogens is 1. The summed E-state index contributed by atoms with van der Waals surface area (Å²) < 4.78 is 2.57. The second-order valence-electron chi connectivity index (χ2n) is 31.0. The highest BCUT2D eigenvalue weighted by molar-refractivity contribution is 7.01. The number of anilines is 6. The fraction of sp³-hybridized carbons (Fsp3) is 0.0286. The first-order chi connectivity index (χ1) is 54.1. The first kappa shape index (κ1) is 58.5. The summed E-state index contributed by atoms with van der Waals surface area (Å²) in [4.78, 5) is 5.48. The van der Waals surface area contributed by atoms with Crippen LogP contribution < -0.4 is 26.2 Å². The lowest BCUT2D eigenvalue weighted by Gasteiger charge is -2.46. The summed E-state index contributed by atoms with van der Waals surface area (Å²) in [5.74, 6) is 0. The molecule has 500 valence electrons. The number of para-hydroxylation sites is 2. The highest BCUT2D eigenvalue weighted by atomic mass is 15.2. The van der Waals surface area contributed by atoms with Crippen LogP contribution in [0, 0.1) is 0 Å². The van der Waals surface area contributed by atoms with Crippen LogP contribution in [0.1, 0.15) is 66.8 Å². The lowest BCUT2D eigenvalue weighted by molar-refractivity contribution is 0.793. The van der Waals surface area contributed by atoms with Crippen molar-refractivity contribution in [2.24, 2.45) is 0 Å². The standard InChI is InChI=1S/C105H62BN3/c1-2-27-63(28-3-1)64-53-55-65(56-54-64)107-95-58-57-89-100(77-39-12-23-48-87(77)104(89)81-42-17-6-31-69(81)70-32-7-18-43-82(70)104)102(95)106-91-61-78-73-35-10-21-46-85(73)105(83-44-19-8-33-71(83)72-34-9-20-45-84(72)105)90(78)62-96(91)109(98-60-66(59-97(107)101(98)106)108-92-50-24-13-36-74(92)75-37-14-25-51-93(75)108)94-52-26-49-88-99(94)76-38-11-22-47-86(76)103(88)79-40-15-4-29-67(79)68-30-5-16-41-80(68)103/h1-62H. The number of rotatable bonds is 4. The number of fused-ring (bicyclic) bond motifs is 38. The third-order valence-electron chi connectivity index (χ3n) is 26.6. The predicted octanol–water partition coefficient (Wildman–Crippen LogP) is 23.6. The fourth-order valence-electron chi connectivity index (χ4n) is 22.9. The Morgan fingerprint density at radius 3 is 1.07 bits per heavy atom. The SMILES string of the molecule is c1ccc(-c2ccc(N3c4cc(-n5c6ccccc6c6ccccc65)cc5c4B(c4cc6c(cc4N5c4cccc5c4-c4ccccc4C54c5ccccc5-c5ccccc54)C4(c5ccccc5-c5ccccc54)c4ccccc4-6)c4c3ccc3c4-c4ccccc4C34c3ccccc3-c3ccccc34)cc2)cc1. The first-order valence-corrected chi connectivity index (χ1v) is 38.4.